The van der Waals surface area contributed by atoms with Crippen molar-refractivity contribution in [2.75, 3.05) is 26.2 Å². The molecule has 0 aromatic heterocycles. The van der Waals surface area contributed by atoms with Gasteiger partial charge in [0.25, 0.3) is 5.91 Å². The second-order valence-electron chi connectivity index (χ2n) is 5.19. The van der Waals surface area contributed by atoms with E-state index in [-0.39, 0.29) is 11.8 Å². The average molecular weight is 354 g/mol. The maximum atomic E-state index is 11.8. The second-order valence-corrected chi connectivity index (χ2v) is 6.10. The van der Waals surface area contributed by atoms with E-state index in [9.17, 15) is 9.59 Å². The van der Waals surface area contributed by atoms with Gasteiger partial charge in [-0.25, -0.2) is 0 Å². The topological polar surface area (TPSA) is 70.2 Å². The Balaban J connectivity index is 1.54. The molecule has 1 saturated carbocycles. The van der Waals surface area contributed by atoms with E-state index in [1.54, 1.807) is 12.1 Å². The minimum absolute atomic E-state index is 0.0338. The second kappa shape index (κ2) is 8.14. The van der Waals surface area contributed by atoms with Crippen molar-refractivity contribution >= 4 is 27.7 Å². The molecule has 0 aliphatic heterocycles. The minimum atomic E-state index is -0.136. The van der Waals surface area contributed by atoms with Gasteiger partial charge in [0.1, 0.15) is 0 Å². The monoisotopic (exact) mass is 353 g/mol. The molecule has 0 radical (unpaired) electrons. The lowest BCUT2D eigenvalue weighted by Crippen LogP contribution is -2.39. The van der Waals surface area contributed by atoms with Gasteiger partial charge < -0.3 is 16.0 Å². The number of carbonyl (C=O) groups excluding carboxylic acids is 2. The summed E-state index contributed by atoms with van der Waals surface area (Å²) < 4.78 is 0.935. The van der Waals surface area contributed by atoms with Gasteiger partial charge in [0.15, 0.2) is 0 Å². The van der Waals surface area contributed by atoms with Crippen molar-refractivity contribution in [3.05, 3.63) is 34.3 Å². The van der Waals surface area contributed by atoms with E-state index in [1.807, 2.05) is 12.1 Å². The molecule has 1 fully saturated rings. The van der Waals surface area contributed by atoms with E-state index in [4.69, 9.17) is 0 Å². The van der Waals surface area contributed by atoms with Gasteiger partial charge in [-0.2, -0.15) is 0 Å². The molecule has 0 unspecified atom stereocenters. The van der Waals surface area contributed by atoms with E-state index in [1.165, 1.54) is 12.8 Å². The molecule has 0 heterocycles. The quantitative estimate of drug-likeness (QED) is 0.617. The Morgan fingerprint density at radius 1 is 1.10 bits per heavy atom. The summed E-state index contributed by atoms with van der Waals surface area (Å²) in [6, 6.07) is 7.14. The van der Waals surface area contributed by atoms with Crippen LogP contribution in [0.25, 0.3) is 0 Å². The van der Waals surface area contributed by atoms with E-state index in [0.717, 1.165) is 16.9 Å². The molecular formula is C15H20BrN3O2. The Bertz CT molecular complexity index is 486. The maximum Gasteiger partial charge on any atom is 0.251 e. The van der Waals surface area contributed by atoms with Crippen molar-refractivity contribution in [1.82, 2.24) is 16.0 Å². The summed E-state index contributed by atoms with van der Waals surface area (Å²) in [5, 5.41) is 8.66. The molecule has 1 aromatic carbocycles. The maximum absolute atomic E-state index is 11.8. The highest BCUT2D eigenvalue weighted by Crippen LogP contribution is 2.27. The van der Waals surface area contributed by atoms with Crippen LogP contribution in [0.2, 0.25) is 0 Å². The van der Waals surface area contributed by atoms with Gasteiger partial charge in [-0.1, -0.05) is 15.9 Å². The molecule has 5 nitrogen and oxygen atoms in total. The van der Waals surface area contributed by atoms with Gasteiger partial charge >= 0.3 is 0 Å². The predicted octanol–water partition coefficient (Wildman–Crippen LogP) is 1.29. The molecule has 0 atom stereocenters. The summed E-state index contributed by atoms with van der Waals surface area (Å²) >= 11 is 3.32. The number of nitrogens with one attached hydrogen (secondary N) is 3. The molecule has 1 aliphatic carbocycles. The van der Waals surface area contributed by atoms with E-state index in [2.05, 4.69) is 31.9 Å². The van der Waals surface area contributed by atoms with Crippen LogP contribution < -0.4 is 16.0 Å². The van der Waals surface area contributed by atoms with Crippen LogP contribution in [-0.2, 0) is 4.79 Å². The number of hydrogen-bond acceptors (Lipinski definition) is 3. The molecule has 2 rings (SSSR count). The Morgan fingerprint density at radius 2 is 1.76 bits per heavy atom. The first kappa shape index (κ1) is 16.0. The summed E-state index contributed by atoms with van der Waals surface area (Å²) in [6.45, 7) is 2.13. The molecular weight excluding hydrogens is 334 g/mol. The van der Waals surface area contributed by atoms with E-state index in [0.29, 0.717) is 25.2 Å². The molecule has 114 valence electrons. The predicted molar refractivity (Wildman–Crippen MR) is 85.1 cm³/mol. The molecule has 1 aliphatic rings. The summed E-state index contributed by atoms with van der Waals surface area (Å²) in [5.41, 5.74) is 0.607. The van der Waals surface area contributed by atoms with Crippen molar-refractivity contribution in [3.63, 3.8) is 0 Å². The third-order valence-corrected chi connectivity index (χ3v) is 3.78. The van der Waals surface area contributed by atoms with Crippen molar-refractivity contribution in [1.29, 1.82) is 0 Å². The van der Waals surface area contributed by atoms with Crippen LogP contribution in [0.5, 0.6) is 0 Å². The lowest BCUT2D eigenvalue weighted by atomic mass is 10.2. The van der Waals surface area contributed by atoms with Gasteiger partial charge in [-0.05, 0) is 49.6 Å². The highest BCUT2D eigenvalue weighted by Gasteiger charge is 2.20. The van der Waals surface area contributed by atoms with Crippen molar-refractivity contribution in [2.24, 2.45) is 5.92 Å². The number of benzene rings is 1. The zero-order valence-corrected chi connectivity index (χ0v) is 13.4. The smallest absolute Gasteiger partial charge is 0.251 e. The summed E-state index contributed by atoms with van der Waals surface area (Å²) in [7, 11) is 0. The van der Waals surface area contributed by atoms with Crippen LogP contribution in [0.4, 0.5) is 0 Å². The van der Waals surface area contributed by atoms with Gasteiger partial charge in [-0.3, -0.25) is 9.59 Å². The zero-order valence-electron chi connectivity index (χ0n) is 11.8. The number of halogens is 1. The lowest BCUT2D eigenvalue weighted by Gasteiger charge is -2.08. The third-order valence-electron chi connectivity index (χ3n) is 3.25. The molecule has 3 N–H and O–H groups in total. The molecule has 2 amide bonds. The molecule has 0 saturated heterocycles. The van der Waals surface area contributed by atoms with Crippen molar-refractivity contribution < 1.29 is 9.59 Å². The third kappa shape index (κ3) is 6.27. The first-order valence-electron chi connectivity index (χ1n) is 7.16. The number of hydrogen-bond donors (Lipinski definition) is 3. The molecule has 0 spiro atoms. The average Bonchev–Trinajstić information content (AvgIpc) is 3.28. The fourth-order valence-corrected chi connectivity index (χ4v) is 2.12. The minimum Gasteiger partial charge on any atom is -0.353 e. The summed E-state index contributed by atoms with van der Waals surface area (Å²) in [4.78, 5) is 23.3. The van der Waals surface area contributed by atoms with Crippen LogP contribution in [0.1, 0.15) is 23.2 Å². The Morgan fingerprint density at radius 3 is 2.43 bits per heavy atom. The molecule has 6 heteroatoms. The number of carbonyl (C=O) groups is 2. The normalized spacial score (nSPS) is 13.8. The van der Waals surface area contributed by atoms with Crippen LogP contribution in [0, 0.1) is 5.92 Å². The Labute approximate surface area is 133 Å². The Kier molecular flexibility index (Phi) is 6.20. The van der Waals surface area contributed by atoms with Crippen LogP contribution in [0.3, 0.4) is 0 Å². The van der Waals surface area contributed by atoms with Crippen LogP contribution >= 0.6 is 15.9 Å². The lowest BCUT2D eigenvalue weighted by molar-refractivity contribution is -0.120. The number of rotatable bonds is 8. The standard InChI is InChI=1S/C15H20BrN3O2/c16-13-5-3-12(4-6-13)15(21)19-8-7-18-14(20)10-17-9-11-1-2-11/h3-6,11,17H,1-2,7-10H2,(H,18,20)(H,19,21). The summed E-state index contributed by atoms with van der Waals surface area (Å²) in [5.74, 6) is 0.597. The summed E-state index contributed by atoms with van der Waals surface area (Å²) in [6.07, 6.45) is 2.55. The highest BCUT2D eigenvalue weighted by atomic mass is 79.9. The largest absolute Gasteiger partial charge is 0.353 e. The Hall–Kier alpha value is -1.40. The van der Waals surface area contributed by atoms with Crippen molar-refractivity contribution in [2.45, 2.75) is 12.8 Å². The van der Waals surface area contributed by atoms with E-state index < -0.39 is 0 Å². The molecule has 21 heavy (non-hydrogen) atoms. The SMILES string of the molecule is O=C(CNCC1CC1)NCCNC(=O)c1ccc(Br)cc1. The van der Waals surface area contributed by atoms with Crippen LogP contribution in [0.15, 0.2) is 28.7 Å². The van der Waals surface area contributed by atoms with E-state index >= 15 is 0 Å². The zero-order chi connectivity index (χ0) is 15.1. The van der Waals surface area contributed by atoms with Crippen molar-refractivity contribution in [3.8, 4) is 0 Å². The molecule has 1 aromatic rings. The molecule has 0 bridgehead atoms. The first-order chi connectivity index (χ1) is 10.1. The van der Waals surface area contributed by atoms with Gasteiger partial charge in [0.2, 0.25) is 5.91 Å². The number of amides is 2. The first-order valence-corrected chi connectivity index (χ1v) is 7.95. The highest BCUT2D eigenvalue weighted by molar-refractivity contribution is 9.10. The van der Waals surface area contributed by atoms with Crippen LogP contribution in [-0.4, -0.2) is 38.0 Å². The fraction of sp³-hybridized carbons (Fsp3) is 0.467. The van der Waals surface area contributed by atoms with Gasteiger partial charge in [0, 0.05) is 23.1 Å². The fourth-order valence-electron chi connectivity index (χ4n) is 1.86. The van der Waals surface area contributed by atoms with Gasteiger partial charge in [-0.15, -0.1) is 0 Å². The van der Waals surface area contributed by atoms with Gasteiger partial charge in [0.05, 0.1) is 6.54 Å².